The number of nitrogens with zero attached hydrogens (tertiary/aromatic N) is 1. The molecule has 0 saturated carbocycles. The summed E-state index contributed by atoms with van der Waals surface area (Å²) in [5, 5.41) is 11.9. The molecule has 0 radical (unpaired) electrons. The van der Waals surface area contributed by atoms with E-state index in [1.165, 1.54) is 11.3 Å². The van der Waals surface area contributed by atoms with Gasteiger partial charge in [-0.25, -0.2) is 0 Å². The van der Waals surface area contributed by atoms with Gasteiger partial charge in [0.1, 0.15) is 0 Å². The molecule has 0 spiro atoms. The molecule has 0 aliphatic carbocycles. The number of aliphatic hydroxyl groups is 1. The van der Waals surface area contributed by atoms with Gasteiger partial charge in [0, 0.05) is 6.54 Å². The quantitative estimate of drug-likeness (QED) is 0.839. The highest BCUT2D eigenvalue weighted by Gasteiger charge is 2.25. The lowest BCUT2D eigenvalue weighted by molar-refractivity contribution is 0.0444. The Labute approximate surface area is 106 Å². The minimum absolute atomic E-state index is 0.196. The fraction of sp³-hybridized carbons (Fsp3) is 0.615. The van der Waals surface area contributed by atoms with Crippen LogP contribution in [0.5, 0.6) is 0 Å². The smallest absolute Gasteiger partial charge is 0.186 e. The molecule has 3 nitrogen and oxygen atoms in total. The number of carbonyl (C=O) groups is 1. The molecule has 1 unspecified atom stereocenters. The zero-order valence-corrected chi connectivity index (χ0v) is 11.0. The number of thiophene rings is 1. The van der Waals surface area contributed by atoms with E-state index < -0.39 is 5.60 Å². The summed E-state index contributed by atoms with van der Waals surface area (Å²) in [6.07, 6.45) is 2.55. The van der Waals surface area contributed by atoms with E-state index in [1.807, 2.05) is 24.4 Å². The summed E-state index contributed by atoms with van der Waals surface area (Å²) >= 11 is 1.50. The van der Waals surface area contributed by atoms with Crippen molar-refractivity contribution >= 4 is 17.1 Å². The lowest BCUT2D eigenvalue weighted by Gasteiger charge is -2.21. The van der Waals surface area contributed by atoms with E-state index in [4.69, 9.17) is 0 Å². The number of Topliss-reactive ketones (excluding diaryl/α,β-unsaturated/α-hetero) is 1. The second-order valence-corrected chi connectivity index (χ2v) is 5.97. The van der Waals surface area contributed by atoms with Gasteiger partial charge in [0.2, 0.25) is 0 Å². The van der Waals surface area contributed by atoms with Crippen LogP contribution in [0.4, 0.5) is 0 Å². The largest absolute Gasteiger partial charge is 0.390 e. The minimum atomic E-state index is -0.555. The van der Waals surface area contributed by atoms with Gasteiger partial charge in [0.15, 0.2) is 5.78 Å². The van der Waals surface area contributed by atoms with Crippen molar-refractivity contribution < 1.29 is 9.90 Å². The average Bonchev–Trinajstić information content (AvgIpc) is 2.73. The Morgan fingerprint density at radius 1 is 1.53 bits per heavy atom. The predicted molar refractivity (Wildman–Crippen MR) is 69.6 cm³/mol. The second-order valence-electron chi connectivity index (χ2n) is 5.03. The van der Waals surface area contributed by atoms with Gasteiger partial charge in [-0.15, -0.1) is 11.3 Å². The fourth-order valence-corrected chi connectivity index (χ4v) is 2.85. The van der Waals surface area contributed by atoms with Crippen molar-refractivity contribution in [1.29, 1.82) is 0 Å². The molecule has 2 heterocycles. The van der Waals surface area contributed by atoms with E-state index in [9.17, 15) is 9.90 Å². The van der Waals surface area contributed by atoms with Crippen LogP contribution in [-0.4, -0.2) is 41.0 Å². The molecule has 0 amide bonds. The Morgan fingerprint density at radius 3 is 3.06 bits per heavy atom. The van der Waals surface area contributed by atoms with Gasteiger partial charge < -0.3 is 5.11 Å². The highest BCUT2D eigenvalue weighted by atomic mass is 32.1. The lowest BCUT2D eigenvalue weighted by Crippen LogP contribution is -2.32. The number of rotatable bonds is 3. The minimum Gasteiger partial charge on any atom is -0.390 e. The van der Waals surface area contributed by atoms with Gasteiger partial charge >= 0.3 is 0 Å². The number of likely N-dealkylation sites (tertiary alicyclic amines) is 1. The lowest BCUT2D eigenvalue weighted by atomic mass is 9.98. The molecule has 1 aliphatic rings. The average molecular weight is 253 g/mol. The number of ketones is 1. The molecule has 1 saturated heterocycles. The topological polar surface area (TPSA) is 40.5 Å². The van der Waals surface area contributed by atoms with Crippen molar-refractivity contribution in [2.75, 3.05) is 19.6 Å². The highest BCUT2D eigenvalue weighted by molar-refractivity contribution is 7.12. The molecule has 1 aromatic heterocycles. The van der Waals surface area contributed by atoms with Crippen LogP contribution in [0.25, 0.3) is 0 Å². The Balaban J connectivity index is 1.89. The van der Waals surface area contributed by atoms with E-state index >= 15 is 0 Å². The Bertz CT molecular complexity index is 373. The van der Waals surface area contributed by atoms with Crippen LogP contribution < -0.4 is 0 Å². The molecule has 94 valence electrons. The number of hydrogen-bond donors (Lipinski definition) is 1. The van der Waals surface area contributed by atoms with Crippen LogP contribution in [-0.2, 0) is 0 Å². The summed E-state index contributed by atoms with van der Waals surface area (Å²) in [4.78, 5) is 14.9. The zero-order chi connectivity index (χ0) is 12.3. The van der Waals surface area contributed by atoms with Crippen LogP contribution >= 0.6 is 11.3 Å². The van der Waals surface area contributed by atoms with Crippen molar-refractivity contribution in [3.63, 3.8) is 0 Å². The summed E-state index contributed by atoms with van der Waals surface area (Å²) in [6.45, 7) is 4.09. The second kappa shape index (κ2) is 5.29. The van der Waals surface area contributed by atoms with Crippen LogP contribution in [0.2, 0.25) is 0 Å². The molecule has 0 aromatic carbocycles. The molecule has 1 aromatic rings. The predicted octanol–water partition coefficient (Wildman–Crippen LogP) is 2.17. The van der Waals surface area contributed by atoms with Crippen LogP contribution in [0.3, 0.4) is 0 Å². The van der Waals surface area contributed by atoms with Crippen molar-refractivity contribution in [3.05, 3.63) is 22.4 Å². The molecular formula is C13H19NO2S. The van der Waals surface area contributed by atoms with E-state index in [2.05, 4.69) is 4.90 Å². The monoisotopic (exact) mass is 253 g/mol. The van der Waals surface area contributed by atoms with Gasteiger partial charge in [-0.1, -0.05) is 6.07 Å². The Morgan fingerprint density at radius 2 is 2.35 bits per heavy atom. The van der Waals surface area contributed by atoms with E-state index in [0.29, 0.717) is 6.54 Å². The van der Waals surface area contributed by atoms with Gasteiger partial charge in [-0.05, 0) is 44.2 Å². The molecule has 2 rings (SSSR count). The first-order chi connectivity index (χ1) is 8.07. The maximum Gasteiger partial charge on any atom is 0.186 e. The van der Waals surface area contributed by atoms with Crippen molar-refractivity contribution in [1.82, 2.24) is 4.90 Å². The van der Waals surface area contributed by atoms with Crippen LogP contribution in [0, 0.1) is 0 Å². The summed E-state index contributed by atoms with van der Waals surface area (Å²) < 4.78 is 0. The molecule has 1 aliphatic heterocycles. The standard InChI is InChI=1S/C13H19NO2S/c1-13(16)5-3-7-14(8-6-13)10-11(15)12-4-2-9-17-12/h2,4,9,16H,3,5-8,10H2,1H3. The first-order valence-electron chi connectivity index (χ1n) is 6.08. The van der Waals surface area contributed by atoms with Gasteiger partial charge in [0.05, 0.1) is 17.0 Å². The summed E-state index contributed by atoms with van der Waals surface area (Å²) in [6, 6.07) is 3.78. The molecule has 1 fully saturated rings. The zero-order valence-electron chi connectivity index (χ0n) is 10.2. The summed E-state index contributed by atoms with van der Waals surface area (Å²) in [5.74, 6) is 0.196. The van der Waals surface area contributed by atoms with E-state index in [1.54, 1.807) is 0 Å². The van der Waals surface area contributed by atoms with Crippen molar-refractivity contribution in [2.24, 2.45) is 0 Å². The molecule has 4 heteroatoms. The Kier molecular flexibility index (Phi) is 3.97. The maximum atomic E-state index is 12.0. The van der Waals surface area contributed by atoms with Crippen LogP contribution in [0.15, 0.2) is 17.5 Å². The first kappa shape index (κ1) is 12.7. The maximum absolute atomic E-state index is 12.0. The third kappa shape index (κ3) is 3.63. The third-order valence-corrected chi connectivity index (χ3v) is 4.23. The number of hydrogen-bond acceptors (Lipinski definition) is 4. The number of carbonyl (C=O) groups excluding carboxylic acids is 1. The van der Waals surface area contributed by atoms with E-state index in [0.717, 1.165) is 37.2 Å². The first-order valence-corrected chi connectivity index (χ1v) is 6.96. The molecule has 1 N–H and O–H groups in total. The summed E-state index contributed by atoms with van der Waals surface area (Å²) in [5.41, 5.74) is -0.555. The molecule has 0 bridgehead atoms. The third-order valence-electron chi connectivity index (χ3n) is 3.32. The SMILES string of the molecule is CC1(O)CCCN(CC(=O)c2cccs2)CC1. The van der Waals surface area contributed by atoms with Crippen molar-refractivity contribution in [2.45, 2.75) is 31.8 Å². The van der Waals surface area contributed by atoms with Gasteiger partial charge in [-0.2, -0.15) is 0 Å². The van der Waals surface area contributed by atoms with Gasteiger partial charge in [0.25, 0.3) is 0 Å². The normalized spacial score (nSPS) is 26.7. The highest BCUT2D eigenvalue weighted by Crippen LogP contribution is 2.21. The summed E-state index contributed by atoms with van der Waals surface area (Å²) in [7, 11) is 0. The van der Waals surface area contributed by atoms with E-state index in [-0.39, 0.29) is 5.78 Å². The molecular weight excluding hydrogens is 234 g/mol. The van der Waals surface area contributed by atoms with Crippen molar-refractivity contribution in [3.8, 4) is 0 Å². The Hall–Kier alpha value is -0.710. The molecule has 1 atom stereocenters. The molecule has 17 heavy (non-hydrogen) atoms. The fourth-order valence-electron chi connectivity index (χ4n) is 2.20. The van der Waals surface area contributed by atoms with Gasteiger partial charge in [-0.3, -0.25) is 9.69 Å². The van der Waals surface area contributed by atoms with Crippen LogP contribution in [0.1, 0.15) is 35.9 Å².